The quantitative estimate of drug-likeness (QED) is 0.700. The molecule has 1 aliphatic rings. The molecule has 76 valence electrons. The lowest BCUT2D eigenvalue weighted by Gasteiger charge is -2.21. The minimum absolute atomic E-state index is 0.00921. The number of phenols is 1. The fourth-order valence-electron chi connectivity index (χ4n) is 1.40. The highest BCUT2D eigenvalue weighted by molar-refractivity contribution is 5.54. The Morgan fingerprint density at radius 3 is 2.86 bits per heavy atom. The van der Waals surface area contributed by atoms with Crippen LogP contribution in [0.25, 0.3) is 0 Å². The van der Waals surface area contributed by atoms with E-state index >= 15 is 0 Å². The Bertz CT molecular complexity index is 368. The normalized spacial score (nSPS) is 14.1. The van der Waals surface area contributed by atoms with E-state index in [2.05, 4.69) is 0 Å². The van der Waals surface area contributed by atoms with E-state index in [1.807, 2.05) is 0 Å². The fraction of sp³-hybridized carbons (Fsp3) is 0.333. The van der Waals surface area contributed by atoms with Crippen molar-refractivity contribution < 1.29 is 19.0 Å². The molecule has 0 amide bonds. The van der Waals surface area contributed by atoms with E-state index in [9.17, 15) is 9.50 Å². The molecule has 1 aromatic rings. The van der Waals surface area contributed by atoms with Crippen molar-refractivity contribution in [3.63, 3.8) is 0 Å². The second-order valence-corrected chi connectivity index (χ2v) is 2.91. The highest BCUT2D eigenvalue weighted by atomic mass is 19.1. The molecular weight excluding hydrogens is 189 g/mol. The molecule has 1 aromatic carbocycles. The number of rotatable bonds is 1. The summed E-state index contributed by atoms with van der Waals surface area (Å²) in [5.41, 5.74) is 5.63. The van der Waals surface area contributed by atoms with E-state index in [0.29, 0.717) is 24.7 Å². The molecule has 0 spiro atoms. The van der Waals surface area contributed by atoms with Gasteiger partial charge in [-0.05, 0) is 0 Å². The molecule has 0 bridgehead atoms. The highest BCUT2D eigenvalue weighted by Crippen LogP contribution is 2.40. The molecule has 1 heterocycles. The number of aromatic hydroxyl groups is 1. The van der Waals surface area contributed by atoms with Crippen molar-refractivity contribution in [1.29, 1.82) is 0 Å². The molecule has 0 atom stereocenters. The average molecular weight is 199 g/mol. The molecule has 0 radical (unpaired) electrons. The monoisotopic (exact) mass is 199 g/mol. The van der Waals surface area contributed by atoms with Crippen molar-refractivity contribution >= 4 is 0 Å². The smallest absolute Gasteiger partial charge is 0.169 e. The minimum atomic E-state index is -0.741. The van der Waals surface area contributed by atoms with Gasteiger partial charge in [0.25, 0.3) is 0 Å². The molecule has 0 aromatic heterocycles. The standard InChI is InChI=1S/C9H10FNO3/c10-6-3-7-9(14-2-1-13-7)5(4-11)8(6)12/h3,12H,1-2,4,11H2. The predicted octanol–water partition coefficient (Wildman–Crippen LogP) is 0.761. The van der Waals surface area contributed by atoms with Crippen molar-refractivity contribution in [3.8, 4) is 17.2 Å². The molecular formula is C9H10FNO3. The molecule has 0 unspecified atom stereocenters. The first-order valence-electron chi connectivity index (χ1n) is 4.24. The van der Waals surface area contributed by atoms with Gasteiger partial charge in [0.1, 0.15) is 13.2 Å². The summed E-state index contributed by atoms with van der Waals surface area (Å²) in [7, 11) is 0. The van der Waals surface area contributed by atoms with Crippen LogP contribution in [0.3, 0.4) is 0 Å². The van der Waals surface area contributed by atoms with Gasteiger partial charge in [-0.1, -0.05) is 0 Å². The van der Waals surface area contributed by atoms with Gasteiger partial charge in [0.15, 0.2) is 23.1 Å². The Balaban J connectivity index is 2.60. The summed E-state index contributed by atoms with van der Waals surface area (Å²) in [6.45, 7) is 0.765. The summed E-state index contributed by atoms with van der Waals surface area (Å²) >= 11 is 0. The Morgan fingerprint density at radius 1 is 1.43 bits per heavy atom. The third-order valence-corrected chi connectivity index (χ3v) is 2.06. The van der Waals surface area contributed by atoms with E-state index in [1.165, 1.54) is 0 Å². The number of ether oxygens (including phenoxy) is 2. The van der Waals surface area contributed by atoms with Crippen LogP contribution in [-0.2, 0) is 6.54 Å². The van der Waals surface area contributed by atoms with E-state index in [0.717, 1.165) is 6.07 Å². The molecule has 14 heavy (non-hydrogen) atoms. The second kappa shape index (κ2) is 3.34. The van der Waals surface area contributed by atoms with E-state index in [1.54, 1.807) is 0 Å². The number of hydrogen-bond acceptors (Lipinski definition) is 4. The molecule has 1 aliphatic heterocycles. The Morgan fingerprint density at radius 2 is 2.14 bits per heavy atom. The van der Waals surface area contributed by atoms with Gasteiger partial charge in [-0.15, -0.1) is 0 Å². The number of nitrogens with two attached hydrogens (primary N) is 1. The molecule has 0 saturated heterocycles. The zero-order chi connectivity index (χ0) is 10.1. The molecule has 2 rings (SSSR count). The summed E-state index contributed by atoms with van der Waals surface area (Å²) in [6, 6.07) is 1.10. The van der Waals surface area contributed by atoms with Crippen LogP contribution in [0.1, 0.15) is 5.56 Å². The van der Waals surface area contributed by atoms with Crippen LogP contribution in [0, 0.1) is 5.82 Å². The number of benzene rings is 1. The van der Waals surface area contributed by atoms with Gasteiger partial charge < -0.3 is 20.3 Å². The van der Waals surface area contributed by atoms with Crippen LogP contribution < -0.4 is 15.2 Å². The maximum atomic E-state index is 13.1. The van der Waals surface area contributed by atoms with Gasteiger partial charge in [0.2, 0.25) is 0 Å². The average Bonchev–Trinajstić information content (AvgIpc) is 2.20. The lowest BCUT2D eigenvalue weighted by molar-refractivity contribution is 0.167. The first-order chi connectivity index (χ1) is 6.74. The van der Waals surface area contributed by atoms with Gasteiger partial charge in [-0.3, -0.25) is 0 Å². The molecule has 0 aliphatic carbocycles. The van der Waals surface area contributed by atoms with Gasteiger partial charge >= 0.3 is 0 Å². The third kappa shape index (κ3) is 1.26. The third-order valence-electron chi connectivity index (χ3n) is 2.06. The van der Waals surface area contributed by atoms with Crippen LogP contribution in [0.5, 0.6) is 17.2 Å². The van der Waals surface area contributed by atoms with Crippen LogP contribution in [-0.4, -0.2) is 18.3 Å². The lowest BCUT2D eigenvalue weighted by atomic mass is 10.1. The van der Waals surface area contributed by atoms with E-state index in [4.69, 9.17) is 15.2 Å². The zero-order valence-corrected chi connectivity index (χ0v) is 7.42. The lowest BCUT2D eigenvalue weighted by Crippen LogP contribution is -2.17. The molecule has 0 saturated carbocycles. The SMILES string of the molecule is NCc1c(O)c(F)cc2c1OCCO2. The Hall–Kier alpha value is -1.49. The summed E-state index contributed by atoms with van der Waals surface area (Å²) in [5.74, 6) is -0.559. The first-order valence-corrected chi connectivity index (χ1v) is 4.24. The predicted molar refractivity (Wildman–Crippen MR) is 46.9 cm³/mol. The van der Waals surface area contributed by atoms with Crippen molar-refractivity contribution in [3.05, 3.63) is 17.4 Å². The van der Waals surface area contributed by atoms with Crippen molar-refractivity contribution in [2.75, 3.05) is 13.2 Å². The largest absolute Gasteiger partial charge is 0.504 e. The van der Waals surface area contributed by atoms with Crippen LogP contribution in [0.4, 0.5) is 4.39 Å². The Labute approximate surface area is 80.0 Å². The first kappa shape index (κ1) is 9.08. The Kier molecular flexibility index (Phi) is 2.17. The number of hydrogen-bond donors (Lipinski definition) is 2. The molecule has 3 N–H and O–H groups in total. The van der Waals surface area contributed by atoms with Gasteiger partial charge in [0, 0.05) is 12.6 Å². The summed E-state index contributed by atoms with van der Waals surface area (Å²) in [6.07, 6.45) is 0. The van der Waals surface area contributed by atoms with Crippen LogP contribution >= 0.6 is 0 Å². The summed E-state index contributed by atoms with van der Waals surface area (Å²) in [5, 5.41) is 9.36. The van der Waals surface area contributed by atoms with Crippen molar-refractivity contribution in [2.24, 2.45) is 5.73 Å². The fourth-order valence-corrected chi connectivity index (χ4v) is 1.40. The minimum Gasteiger partial charge on any atom is -0.504 e. The molecule has 0 fully saturated rings. The van der Waals surface area contributed by atoms with Gasteiger partial charge in [-0.25, -0.2) is 4.39 Å². The number of halogens is 1. The second-order valence-electron chi connectivity index (χ2n) is 2.91. The highest BCUT2D eigenvalue weighted by Gasteiger charge is 2.21. The maximum absolute atomic E-state index is 13.1. The van der Waals surface area contributed by atoms with Crippen molar-refractivity contribution in [2.45, 2.75) is 6.54 Å². The number of phenolic OH excluding ortho intramolecular Hbond substituents is 1. The van der Waals surface area contributed by atoms with E-state index < -0.39 is 11.6 Å². The van der Waals surface area contributed by atoms with Crippen LogP contribution in [0.2, 0.25) is 0 Å². The zero-order valence-electron chi connectivity index (χ0n) is 7.42. The van der Waals surface area contributed by atoms with Gasteiger partial charge in [-0.2, -0.15) is 0 Å². The summed E-state index contributed by atoms with van der Waals surface area (Å²) in [4.78, 5) is 0. The van der Waals surface area contributed by atoms with Crippen molar-refractivity contribution in [1.82, 2.24) is 0 Å². The number of fused-ring (bicyclic) bond motifs is 1. The van der Waals surface area contributed by atoms with E-state index in [-0.39, 0.29) is 12.1 Å². The summed E-state index contributed by atoms with van der Waals surface area (Å²) < 4.78 is 23.5. The van der Waals surface area contributed by atoms with Crippen LogP contribution in [0.15, 0.2) is 6.07 Å². The molecule has 4 nitrogen and oxygen atoms in total. The topological polar surface area (TPSA) is 64.7 Å². The maximum Gasteiger partial charge on any atom is 0.169 e. The van der Waals surface area contributed by atoms with Gasteiger partial charge in [0.05, 0.1) is 5.56 Å². The molecule has 5 heteroatoms.